The normalized spacial score (nSPS) is 30.8. The predicted octanol–water partition coefficient (Wildman–Crippen LogP) is 1.98. The molecule has 4 heterocycles. The molecule has 5 nitrogen and oxygen atoms in total. The van der Waals surface area contributed by atoms with Crippen LogP contribution in [0.1, 0.15) is 25.0 Å². The first-order valence-corrected chi connectivity index (χ1v) is 7.41. The van der Waals surface area contributed by atoms with Crippen molar-refractivity contribution in [3.05, 3.63) is 35.2 Å². The number of benzene rings is 1. The molecule has 0 spiro atoms. The third-order valence-corrected chi connectivity index (χ3v) is 5.22. The summed E-state index contributed by atoms with van der Waals surface area (Å²) in [5, 5.41) is 9.50. The maximum absolute atomic E-state index is 14.7. The molecule has 5 rings (SSSR count). The molecule has 1 amide bonds. The Morgan fingerprint density at radius 1 is 1.35 bits per heavy atom. The maximum Gasteiger partial charge on any atom is 0.241 e. The fraction of sp³-hybridized carbons (Fsp3) is 0.412. The van der Waals surface area contributed by atoms with Gasteiger partial charge < -0.3 is 9.64 Å². The molecule has 0 aliphatic carbocycles. The summed E-state index contributed by atoms with van der Waals surface area (Å²) in [6, 6.07) is 5.36. The number of halogens is 1. The second-order valence-electron chi connectivity index (χ2n) is 6.80. The second-order valence-corrected chi connectivity index (χ2v) is 6.80. The Morgan fingerprint density at radius 3 is 2.65 bits per heavy atom. The summed E-state index contributed by atoms with van der Waals surface area (Å²) in [5.41, 5.74) is 0.244. The molecular formula is C17H16FN3O2. The molecule has 118 valence electrons. The number of amides is 1. The minimum absolute atomic E-state index is 0.142. The van der Waals surface area contributed by atoms with Gasteiger partial charge in [-0.2, -0.15) is 5.26 Å². The number of nitrogens with zero attached hydrogens (tertiary/aromatic N) is 3. The molecule has 6 heteroatoms. The van der Waals surface area contributed by atoms with Crippen LogP contribution in [0.2, 0.25) is 0 Å². The Bertz CT molecular complexity index is 839. The largest absolute Gasteiger partial charge is 0.321 e. The van der Waals surface area contributed by atoms with E-state index in [4.69, 9.17) is 4.74 Å². The standard InChI is InChI=1S/C17H16FN3O2/c1-16(2)11-5-9(6-12(18)14(11)20(3)15(16)22)10-7-13-21(4)17(10,8-19)23-13/h5-7,13H,1-4H3. The van der Waals surface area contributed by atoms with E-state index >= 15 is 0 Å². The Hall–Kier alpha value is -2.23. The van der Waals surface area contributed by atoms with Crippen LogP contribution in [0.3, 0.4) is 0 Å². The number of nitriles is 1. The van der Waals surface area contributed by atoms with Crippen LogP contribution in [0.25, 0.3) is 5.57 Å². The highest BCUT2D eigenvalue weighted by atomic mass is 19.1. The minimum atomic E-state index is -1.15. The van der Waals surface area contributed by atoms with Crippen LogP contribution >= 0.6 is 0 Å². The Kier molecular flexibility index (Phi) is 2.49. The van der Waals surface area contributed by atoms with Crippen molar-refractivity contribution >= 4 is 17.2 Å². The monoisotopic (exact) mass is 313 g/mol. The van der Waals surface area contributed by atoms with E-state index in [9.17, 15) is 14.4 Å². The van der Waals surface area contributed by atoms with Gasteiger partial charge in [-0.3, -0.25) is 4.79 Å². The van der Waals surface area contributed by atoms with Crippen molar-refractivity contribution in [2.75, 3.05) is 19.0 Å². The molecule has 0 aromatic heterocycles. The number of carbonyl (C=O) groups excluding carboxylic acids is 1. The number of anilines is 1. The third-order valence-electron chi connectivity index (χ3n) is 5.22. The molecule has 2 bridgehead atoms. The van der Waals surface area contributed by atoms with Gasteiger partial charge >= 0.3 is 0 Å². The second kappa shape index (κ2) is 3.99. The predicted molar refractivity (Wildman–Crippen MR) is 81.8 cm³/mol. The molecule has 23 heavy (non-hydrogen) atoms. The fourth-order valence-corrected chi connectivity index (χ4v) is 3.79. The SMILES string of the molecule is CN1C(=O)C(C)(C)c2cc(C3=CC4OC3(C#N)N4C)cc(F)c21. The van der Waals surface area contributed by atoms with E-state index in [1.165, 1.54) is 11.0 Å². The molecule has 1 aromatic carbocycles. The average Bonchev–Trinajstić information content (AvgIpc) is 3.10. The lowest BCUT2D eigenvalue weighted by Gasteiger charge is -2.45. The Labute approximate surface area is 133 Å². The minimum Gasteiger partial charge on any atom is -0.321 e. The lowest BCUT2D eigenvalue weighted by Crippen LogP contribution is -2.60. The van der Waals surface area contributed by atoms with Crippen LogP contribution in [0.5, 0.6) is 0 Å². The van der Waals surface area contributed by atoms with Crippen LogP contribution in [0.15, 0.2) is 18.2 Å². The highest BCUT2D eigenvalue weighted by molar-refractivity contribution is 6.07. The van der Waals surface area contributed by atoms with E-state index < -0.39 is 17.0 Å². The Morgan fingerprint density at radius 2 is 2.04 bits per heavy atom. The highest BCUT2D eigenvalue weighted by Crippen LogP contribution is 2.52. The van der Waals surface area contributed by atoms with Gasteiger partial charge in [0, 0.05) is 12.6 Å². The number of likely N-dealkylation sites (N-methyl/N-ethyl adjacent to an activating group) is 2. The van der Waals surface area contributed by atoms with E-state index in [2.05, 4.69) is 6.07 Å². The molecule has 0 saturated carbocycles. The summed E-state index contributed by atoms with van der Waals surface area (Å²) in [6.45, 7) is 3.57. The van der Waals surface area contributed by atoms with Crippen LogP contribution in [0, 0.1) is 17.1 Å². The van der Waals surface area contributed by atoms with Crippen LogP contribution in [0.4, 0.5) is 10.1 Å². The van der Waals surface area contributed by atoms with Crippen LogP contribution in [-0.2, 0) is 14.9 Å². The average molecular weight is 313 g/mol. The van der Waals surface area contributed by atoms with Gasteiger partial charge in [-0.05, 0) is 50.2 Å². The Balaban J connectivity index is 1.90. The molecule has 1 fully saturated rings. The van der Waals surface area contributed by atoms with Crippen molar-refractivity contribution in [2.45, 2.75) is 31.2 Å². The van der Waals surface area contributed by atoms with Gasteiger partial charge in [0.05, 0.1) is 11.1 Å². The van der Waals surface area contributed by atoms with E-state index in [1.54, 1.807) is 32.8 Å². The van der Waals surface area contributed by atoms with Crippen molar-refractivity contribution in [3.63, 3.8) is 0 Å². The zero-order valence-electron chi connectivity index (χ0n) is 13.3. The van der Waals surface area contributed by atoms with Crippen molar-refractivity contribution in [3.8, 4) is 6.07 Å². The summed E-state index contributed by atoms with van der Waals surface area (Å²) in [4.78, 5) is 15.5. The first kappa shape index (κ1) is 14.4. The molecule has 2 unspecified atom stereocenters. The summed E-state index contributed by atoms with van der Waals surface area (Å²) in [5.74, 6) is -0.601. The lowest BCUT2D eigenvalue weighted by molar-refractivity contribution is -0.249. The molecule has 2 atom stereocenters. The summed E-state index contributed by atoms with van der Waals surface area (Å²) >= 11 is 0. The van der Waals surface area contributed by atoms with Gasteiger partial charge in [0.2, 0.25) is 11.6 Å². The van der Waals surface area contributed by atoms with Gasteiger partial charge in [0.25, 0.3) is 0 Å². The van der Waals surface area contributed by atoms with E-state index in [0.29, 0.717) is 22.4 Å². The number of ether oxygens (including phenoxy) is 1. The summed E-state index contributed by atoms with van der Waals surface area (Å²) in [6.07, 6.45) is 1.58. The van der Waals surface area contributed by atoms with Crippen molar-refractivity contribution in [2.24, 2.45) is 0 Å². The topological polar surface area (TPSA) is 56.6 Å². The fourth-order valence-electron chi connectivity index (χ4n) is 3.79. The van der Waals surface area contributed by atoms with E-state index in [1.807, 2.05) is 12.1 Å². The number of carbonyl (C=O) groups is 1. The van der Waals surface area contributed by atoms with Crippen molar-refractivity contribution in [1.82, 2.24) is 4.90 Å². The third kappa shape index (κ3) is 1.44. The molecule has 0 radical (unpaired) electrons. The molecule has 1 aromatic rings. The molecule has 4 aliphatic rings. The molecule has 4 aliphatic heterocycles. The van der Waals surface area contributed by atoms with Gasteiger partial charge in [0.1, 0.15) is 18.1 Å². The van der Waals surface area contributed by atoms with Gasteiger partial charge in [-0.15, -0.1) is 0 Å². The smallest absolute Gasteiger partial charge is 0.241 e. The van der Waals surface area contributed by atoms with Gasteiger partial charge in [-0.1, -0.05) is 0 Å². The summed E-state index contributed by atoms with van der Waals surface area (Å²) < 4.78 is 20.3. The van der Waals surface area contributed by atoms with Crippen LogP contribution in [-0.4, -0.2) is 36.9 Å². The van der Waals surface area contributed by atoms with Crippen molar-refractivity contribution < 1.29 is 13.9 Å². The van der Waals surface area contributed by atoms with Gasteiger partial charge in [0.15, 0.2) is 0 Å². The first-order valence-electron chi connectivity index (χ1n) is 7.41. The number of rotatable bonds is 1. The molecule has 0 N–H and O–H groups in total. The van der Waals surface area contributed by atoms with E-state index in [0.717, 1.165) is 0 Å². The zero-order valence-corrected chi connectivity index (χ0v) is 13.3. The summed E-state index contributed by atoms with van der Waals surface area (Å²) in [7, 11) is 3.38. The van der Waals surface area contributed by atoms with Crippen molar-refractivity contribution in [1.29, 1.82) is 5.26 Å². The number of hydrogen-bond acceptors (Lipinski definition) is 4. The quantitative estimate of drug-likeness (QED) is 0.795. The maximum atomic E-state index is 14.7. The van der Waals surface area contributed by atoms with E-state index in [-0.39, 0.29) is 12.1 Å². The number of fused-ring (bicyclic) bond motifs is 1. The first-order chi connectivity index (χ1) is 10.7. The lowest BCUT2D eigenvalue weighted by atomic mass is 9.84. The molecular weight excluding hydrogens is 297 g/mol. The van der Waals surface area contributed by atoms with Crippen LogP contribution < -0.4 is 4.90 Å². The molecule has 1 saturated heterocycles. The zero-order chi connectivity index (χ0) is 16.7. The van der Waals surface area contributed by atoms with Gasteiger partial charge in [-0.25, -0.2) is 9.29 Å². The number of hydrogen-bond donors (Lipinski definition) is 0. The highest BCUT2D eigenvalue weighted by Gasteiger charge is 2.60.